The normalized spacial score (nSPS) is 15.9. The fraction of sp³-hybridized carbons (Fsp3) is 0.625. The van der Waals surface area contributed by atoms with Crippen LogP contribution in [0.2, 0.25) is 18.1 Å². The van der Waals surface area contributed by atoms with E-state index < -0.39 is 8.32 Å². The van der Waals surface area contributed by atoms with Gasteiger partial charge in [-0.1, -0.05) is 39.0 Å². The number of rotatable bonds is 6. The minimum Gasteiger partial charge on any atom is -0.413 e. The molecule has 2 atom stereocenters. The smallest absolute Gasteiger partial charge is 0.192 e. The maximum Gasteiger partial charge on any atom is 0.192 e. The number of hydrogen-bond acceptors (Lipinski definition) is 2. The number of alkyl halides is 1. The van der Waals surface area contributed by atoms with Gasteiger partial charge in [0.15, 0.2) is 8.32 Å². The van der Waals surface area contributed by atoms with E-state index in [-0.39, 0.29) is 16.5 Å². The molecule has 0 saturated carbocycles. The highest BCUT2D eigenvalue weighted by molar-refractivity contribution is 7.99. The Morgan fingerprint density at radius 3 is 2.25 bits per heavy atom. The standard InChI is InChI=1S/C16H27ClOSSi/c1-13(18-20(5,6)16(2,3)4)15(17)12-19-14-10-8-7-9-11-14/h7-11,13,15H,12H2,1-6H3/t13-,15-/m1/s1. The second-order valence-electron chi connectivity index (χ2n) is 6.72. The van der Waals surface area contributed by atoms with Crippen molar-refractivity contribution in [2.24, 2.45) is 0 Å². The molecule has 0 saturated heterocycles. The summed E-state index contributed by atoms with van der Waals surface area (Å²) in [5.74, 6) is 0.876. The summed E-state index contributed by atoms with van der Waals surface area (Å²) in [5.41, 5.74) is 0. The molecule has 0 aliphatic heterocycles. The zero-order valence-electron chi connectivity index (χ0n) is 13.4. The molecule has 0 aliphatic carbocycles. The van der Waals surface area contributed by atoms with E-state index in [1.807, 2.05) is 6.07 Å². The van der Waals surface area contributed by atoms with Gasteiger partial charge in [0, 0.05) is 10.6 Å². The van der Waals surface area contributed by atoms with Crippen LogP contribution in [0.1, 0.15) is 27.7 Å². The van der Waals surface area contributed by atoms with Crippen molar-refractivity contribution < 1.29 is 4.43 Å². The molecule has 0 aliphatic rings. The summed E-state index contributed by atoms with van der Waals surface area (Å²) in [4.78, 5) is 1.26. The highest BCUT2D eigenvalue weighted by Crippen LogP contribution is 2.38. The topological polar surface area (TPSA) is 9.23 Å². The Kier molecular flexibility index (Phi) is 6.64. The molecule has 0 fully saturated rings. The summed E-state index contributed by atoms with van der Waals surface area (Å²) in [6, 6.07) is 10.4. The van der Waals surface area contributed by atoms with Crippen LogP contribution in [0.4, 0.5) is 0 Å². The van der Waals surface area contributed by atoms with Crippen molar-refractivity contribution in [2.45, 2.75) is 62.2 Å². The van der Waals surface area contributed by atoms with E-state index in [0.29, 0.717) is 0 Å². The average Bonchev–Trinajstić information content (AvgIpc) is 2.35. The van der Waals surface area contributed by atoms with Gasteiger partial charge in [-0.25, -0.2) is 0 Å². The van der Waals surface area contributed by atoms with Crippen molar-refractivity contribution in [3.63, 3.8) is 0 Å². The molecular weight excluding hydrogens is 304 g/mol. The van der Waals surface area contributed by atoms with E-state index in [4.69, 9.17) is 16.0 Å². The Hall–Kier alpha value is 0.0369. The Labute approximate surface area is 134 Å². The van der Waals surface area contributed by atoms with Crippen LogP contribution in [0, 0.1) is 0 Å². The van der Waals surface area contributed by atoms with Crippen molar-refractivity contribution in [2.75, 3.05) is 5.75 Å². The van der Waals surface area contributed by atoms with Crippen molar-refractivity contribution >= 4 is 31.7 Å². The van der Waals surface area contributed by atoms with E-state index in [0.717, 1.165) is 5.75 Å². The molecule has 0 aromatic heterocycles. The van der Waals surface area contributed by atoms with E-state index >= 15 is 0 Å². The molecule has 0 bridgehead atoms. The maximum atomic E-state index is 6.51. The van der Waals surface area contributed by atoms with Gasteiger partial charge in [-0.2, -0.15) is 0 Å². The van der Waals surface area contributed by atoms with Gasteiger partial charge < -0.3 is 4.43 Å². The molecule has 1 aromatic rings. The Balaban J connectivity index is 2.49. The lowest BCUT2D eigenvalue weighted by atomic mass is 10.2. The largest absolute Gasteiger partial charge is 0.413 e. The van der Waals surface area contributed by atoms with Crippen molar-refractivity contribution in [1.82, 2.24) is 0 Å². The van der Waals surface area contributed by atoms with Crippen LogP contribution in [0.3, 0.4) is 0 Å². The van der Waals surface area contributed by atoms with Gasteiger partial charge in [0.05, 0.1) is 11.5 Å². The van der Waals surface area contributed by atoms with E-state index in [9.17, 15) is 0 Å². The first-order chi connectivity index (χ1) is 9.13. The number of halogens is 1. The third-order valence-electron chi connectivity index (χ3n) is 3.95. The van der Waals surface area contributed by atoms with E-state index in [2.05, 4.69) is 65.1 Å². The second-order valence-corrected chi connectivity index (χ2v) is 13.1. The van der Waals surface area contributed by atoms with Crippen molar-refractivity contribution in [1.29, 1.82) is 0 Å². The summed E-state index contributed by atoms with van der Waals surface area (Å²) in [7, 11) is -1.73. The minimum atomic E-state index is -1.73. The Morgan fingerprint density at radius 1 is 1.20 bits per heavy atom. The predicted octanol–water partition coefficient (Wildman–Crippen LogP) is 5.80. The molecule has 20 heavy (non-hydrogen) atoms. The minimum absolute atomic E-state index is 0.0364. The first-order valence-electron chi connectivity index (χ1n) is 7.13. The highest BCUT2D eigenvalue weighted by atomic mass is 35.5. The third kappa shape index (κ3) is 5.43. The summed E-state index contributed by atoms with van der Waals surface area (Å²) < 4.78 is 6.35. The molecule has 1 rings (SSSR count). The van der Waals surface area contributed by atoms with Gasteiger partial charge in [0.25, 0.3) is 0 Å². The van der Waals surface area contributed by atoms with Gasteiger partial charge in [0.1, 0.15) is 0 Å². The van der Waals surface area contributed by atoms with Crippen LogP contribution >= 0.6 is 23.4 Å². The second kappa shape index (κ2) is 7.35. The van der Waals surface area contributed by atoms with Gasteiger partial charge >= 0.3 is 0 Å². The maximum absolute atomic E-state index is 6.51. The zero-order chi connectivity index (χ0) is 15.4. The quantitative estimate of drug-likeness (QED) is 0.370. The van der Waals surface area contributed by atoms with Gasteiger partial charge in [0.2, 0.25) is 0 Å². The number of thioether (sulfide) groups is 1. The summed E-state index contributed by atoms with van der Waals surface area (Å²) >= 11 is 8.31. The summed E-state index contributed by atoms with van der Waals surface area (Å²) in [5, 5.41) is 0.263. The van der Waals surface area contributed by atoms with Gasteiger partial charge in [-0.15, -0.1) is 23.4 Å². The van der Waals surface area contributed by atoms with Gasteiger partial charge in [-0.05, 0) is 37.2 Å². The number of benzene rings is 1. The van der Waals surface area contributed by atoms with Crippen LogP contribution < -0.4 is 0 Å². The molecule has 114 valence electrons. The molecule has 0 heterocycles. The zero-order valence-corrected chi connectivity index (χ0v) is 16.0. The highest BCUT2D eigenvalue weighted by Gasteiger charge is 2.39. The Bertz CT molecular complexity index is 403. The number of hydrogen-bond donors (Lipinski definition) is 0. The van der Waals surface area contributed by atoms with Crippen LogP contribution in [0.15, 0.2) is 35.2 Å². The molecule has 0 unspecified atom stereocenters. The fourth-order valence-electron chi connectivity index (χ4n) is 1.54. The SMILES string of the molecule is C[C@@H](O[Si](C)(C)C(C)(C)C)[C@H](Cl)CSc1ccccc1. The first kappa shape index (κ1) is 18.1. The Morgan fingerprint density at radius 2 is 1.75 bits per heavy atom. The molecule has 0 radical (unpaired) electrons. The van der Waals surface area contributed by atoms with Crippen LogP contribution in [0.25, 0.3) is 0 Å². The van der Waals surface area contributed by atoms with E-state index in [1.54, 1.807) is 11.8 Å². The molecule has 0 spiro atoms. The fourth-order valence-corrected chi connectivity index (χ4v) is 4.29. The van der Waals surface area contributed by atoms with E-state index in [1.165, 1.54) is 4.90 Å². The summed E-state index contributed by atoms with van der Waals surface area (Å²) in [6.45, 7) is 13.4. The lowest BCUT2D eigenvalue weighted by Crippen LogP contribution is -2.45. The van der Waals surface area contributed by atoms with Crippen LogP contribution in [-0.2, 0) is 4.43 Å². The third-order valence-corrected chi connectivity index (χ3v) is 10.3. The lowest BCUT2D eigenvalue weighted by molar-refractivity contribution is 0.199. The van der Waals surface area contributed by atoms with Crippen LogP contribution in [-0.4, -0.2) is 25.6 Å². The molecule has 4 heteroatoms. The first-order valence-corrected chi connectivity index (χ1v) is 11.5. The summed E-state index contributed by atoms with van der Waals surface area (Å²) in [6.07, 6.45) is 0.0915. The predicted molar refractivity (Wildman–Crippen MR) is 94.6 cm³/mol. The molecule has 1 aromatic carbocycles. The van der Waals surface area contributed by atoms with Gasteiger partial charge in [-0.3, -0.25) is 0 Å². The molecule has 1 nitrogen and oxygen atoms in total. The van der Waals surface area contributed by atoms with Crippen LogP contribution in [0.5, 0.6) is 0 Å². The average molecular weight is 331 g/mol. The molecule has 0 N–H and O–H groups in total. The monoisotopic (exact) mass is 330 g/mol. The molecule has 0 amide bonds. The van der Waals surface area contributed by atoms with Crippen molar-refractivity contribution in [3.8, 4) is 0 Å². The van der Waals surface area contributed by atoms with Crippen molar-refractivity contribution in [3.05, 3.63) is 30.3 Å². The lowest BCUT2D eigenvalue weighted by Gasteiger charge is -2.39. The molecular formula is C16H27ClOSSi.